The molecule has 0 aliphatic carbocycles. The van der Waals surface area contributed by atoms with E-state index in [1.165, 1.54) is 4.90 Å². The molecular formula is C25H31N5O5. The van der Waals surface area contributed by atoms with E-state index in [1.807, 2.05) is 12.1 Å². The molecule has 2 heterocycles. The third kappa shape index (κ3) is 6.34. The van der Waals surface area contributed by atoms with Gasteiger partial charge in [0.1, 0.15) is 5.60 Å². The van der Waals surface area contributed by atoms with E-state index in [0.717, 1.165) is 5.56 Å². The van der Waals surface area contributed by atoms with Gasteiger partial charge in [-0.05, 0) is 76.4 Å². The Morgan fingerprint density at radius 3 is 2.46 bits per heavy atom. The van der Waals surface area contributed by atoms with Gasteiger partial charge in [0.05, 0.1) is 10.9 Å². The van der Waals surface area contributed by atoms with Gasteiger partial charge in [-0.1, -0.05) is 0 Å². The summed E-state index contributed by atoms with van der Waals surface area (Å²) in [7, 11) is 1.68. The number of rotatable bonds is 6. The lowest BCUT2D eigenvalue weighted by molar-refractivity contribution is 0.0635. The molecular weight excluding hydrogens is 450 g/mol. The van der Waals surface area contributed by atoms with Gasteiger partial charge in [-0.2, -0.15) is 4.98 Å². The van der Waals surface area contributed by atoms with Crippen LogP contribution in [0.4, 0.5) is 21.3 Å². The molecule has 0 fully saturated rings. The van der Waals surface area contributed by atoms with Crippen molar-refractivity contribution in [1.82, 2.24) is 14.9 Å². The van der Waals surface area contributed by atoms with Crippen molar-refractivity contribution in [3.05, 3.63) is 58.2 Å². The van der Waals surface area contributed by atoms with Crippen molar-refractivity contribution < 1.29 is 18.7 Å². The number of hydrogen-bond donors (Lipinski definition) is 1. The second kappa shape index (κ2) is 10.5. The fourth-order valence-electron chi connectivity index (χ4n) is 3.47. The number of hydrogen-bond acceptors (Lipinski definition) is 7. The van der Waals surface area contributed by atoms with E-state index in [9.17, 15) is 14.4 Å². The summed E-state index contributed by atoms with van der Waals surface area (Å²) in [5.74, 6) is 0. The molecule has 0 spiro atoms. The SMILES string of the molecule is CCN(C(=O)N(C)CCc1ccncc1)c1nc2ccc(NC(=O)OC(C)(C)C)c(C)c2c(=O)o1. The first kappa shape index (κ1) is 25.7. The number of aromatic nitrogens is 2. The minimum atomic E-state index is -0.661. The third-order valence-electron chi connectivity index (χ3n) is 5.27. The Hall–Kier alpha value is -3.95. The van der Waals surface area contributed by atoms with Crippen LogP contribution in [0.5, 0.6) is 0 Å². The third-order valence-corrected chi connectivity index (χ3v) is 5.27. The molecule has 0 bridgehead atoms. The summed E-state index contributed by atoms with van der Waals surface area (Å²) >= 11 is 0. The van der Waals surface area contributed by atoms with Crippen LogP contribution in [0.15, 0.2) is 45.9 Å². The van der Waals surface area contributed by atoms with Crippen LogP contribution in [0.2, 0.25) is 0 Å². The number of aryl methyl sites for hydroxylation is 1. The number of pyridine rings is 1. The minimum absolute atomic E-state index is 0.0852. The van der Waals surface area contributed by atoms with Crippen molar-refractivity contribution in [1.29, 1.82) is 0 Å². The highest BCUT2D eigenvalue weighted by molar-refractivity contribution is 5.94. The molecule has 1 aromatic carbocycles. The normalized spacial score (nSPS) is 11.3. The number of likely N-dealkylation sites (N-methyl/N-ethyl adjacent to an activating group) is 1. The standard InChI is InChI=1S/C25H31N5O5/c1-7-30(24(33)29(6)15-12-17-10-13-26-14-11-17)22-27-19-9-8-18(16(2)20(19)21(31)34-22)28-23(32)35-25(3,4)5/h8-11,13-14H,7,12,15H2,1-6H3,(H,28,32). The first-order valence-electron chi connectivity index (χ1n) is 11.4. The number of nitrogens with one attached hydrogen (secondary N) is 1. The quantitative estimate of drug-likeness (QED) is 0.556. The van der Waals surface area contributed by atoms with E-state index in [1.54, 1.807) is 71.1 Å². The summed E-state index contributed by atoms with van der Waals surface area (Å²) in [6, 6.07) is 6.61. The lowest BCUT2D eigenvalue weighted by atomic mass is 10.1. The second-order valence-corrected chi connectivity index (χ2v) is 9.10. The smallest absolute Gasteiger partial charge is 0.412 e. The van der Waals surface area contributed by atoms with E-state index in [2.05, 4.69) is 15.3 Å². The van der Waals surface area contributed by atoms with Crippen LogP contribution >= 0.6 is 0 Å². The summed E-state index contributed by atoms with van der Waals surface area (Å²) in [5.41, 5.74) is 1.00. The number of benzene rings is 1. The van der Waals surface area contributed by atoms with E-state index in [-0.39, 0.29) is 24.0 Å². The summed E-state index contributed by atoms with van der Waals surface area (Å²) in [4.78, 5) is 49.4. The van der Waals surface area contributed by atoms with Crippen molar-refractivity contribution in [2.45, 2.75) is 46.6 Å². The molecule has 0 saturated heterocycles. The fourth-order valence-corrected chi connectivity index (χ4v) is 3.47. The van der Waals surface area contributed by atoms with Crippen molar-refractivity contribution in [3.8, 4) is 0 Å². The number of anilines is 2. The lowest BCUT2D eigenvalue weighted by Crippen LogP contribution is -2.42. The zero-order valence-electron chi connectivity index (χ0n) is 20.9. The van der Waals surface area contributed by atoms with Crippen LogP contribution < -0.4 is 15.8 Å². The van der Waals surface area contributed by atoms with Crippen molar-refractivity contribution >= 4 is 34.7 Å². The highest BCUT2D eigenvalue weighted by Gasteiger charge is 2.24. The Labute approximate surface area is 203 Å². The van der Waals surface area contributed by atoms with Crippen LogP contribution in [0, 0.1) is 6.92 Å². The fraction of sp³-hybridized carbons (Fsp3) is 0.400. The topological polar surface area (TPSA) is 118 Å². The first-order valence-corrected chi connectivity index (χ1v) is 11.4. The Morgan fingerprint density at radius 2 is 1.83 bits per heavy atom. The largest absolute Gasteiger partial charge is 0.444 e. The van der Waals surface area contributed by atoms with Crippen molar-refractivity contribution in [3.63, 3.8) is 0 Å². The van der Waals surface area contributed by atoms with Gasteiger partial charge in [-0.25, -0.2) is 19.3 Å². The number of ether oxygens (including phenoxy) is 1. The second-order valence-electron chi connectivity index (χ2n) is 9.10. The summed E-state index contributed by atoms with van der Waals surface area (Å²) in [5, 5.41) is 2.87. The number of carbonyl (C=O) groups is 2. The van der Waals surface area contributed by atoms with E-state index in [4.69, 9.17) is 9.15 Å². The van der Waals surface area contributed by atoms with Gasteiger partial charge >= 0.3 is 23.8 Å². The van der Waals surface area contributed by atoms with Gasteiger partial charge < -0.3 is 14.1 Å². The van der Waals surface area contributed by atoms with Crippen molar-refractivity contribution in [2.24, 2.45) is 0 Å². The molecule has 0 aliphatic rings. The molecule has 10 heteroatoms. The molecule has 2 aromatic heterocycles. The van der Waals surface area contributed by atoms with E-state index >= 15 is 0 Å². The molecule has 0 saturated carbocycles. The van der Waals surface area contributed by atoms with Gasteiger partial charge in [0, 0.05) is 38.2 Å². The highest BCUT2D eigenvalue weighted by Crippen LogP contribution is 2.25. The summed E-state index contributed by atoms with van der Waals surface area (Å²) in [6.45, 7) is 9.47. The average molecular weight is 482 g/mol. The van der Waals surface area contributed by atoms with Crippen LogP contribution in [0.3, 0.4) is 0 Å². The van der Waals surface area contributed by atoms with Gasteiger partial charge in [0.2, 0.25) is 0 Å². The predicted molar refractivity (Wildman–Crippen MR) is 134 cm³/mol. The molecule has 3 amide bonds. The van der Waals surface area contributed by atoms with Crippen LogP contribution in [0.25, 0.3) is 10.9 Å². The maximum atomic E-state index is 13.1. The van der Waals surface area contributed by atoms with Gasteiger partial charge in [-0.15, -0.1) is 0 Å². The Morgan fingerprint density at radius 1 is 1.14 bits per heavy atom. The number of carbonyl (C=O) groups excluding carboxylic acids is 2. The number of urea groups is 1. The zero-order chi connectivity index (χ0) is 25.8. The first-order chi connectivity index (χ1) is 16.5. The maximum Gasteiger partial charge on any atom is 0.412 e. The number of nitrogens with zero attached hydrogens (tertiary/aromatic N) is 4. The molecule has 3 rings (SSSR count). The van der Waals surface area contributed by atoms with Gasteiger partial charge in [0.25, 0.3) is 0 Å². The predicted octanol–water partition coefficient (Wildman–Crippen LogP) is 4.36. The zero-order valence-corrected chi connectivity index (χ0v) is 20.9. The molecule has 186 valence electrons. The van der Waals surface area contributed by atoms with E-state index in [0.29, 0.717) is 29.7 Å². The van der Waals surface area contributed by atoms with Gasteiger partial charge in [0.15, 0.2) is 0 Å². The van der Waals surface area contributed by atoms with E-state index < -0.39 is 17.3 Å². The molecule has 10 nitrogen and oxygen atoms in total. The summed E-state index contributed by atoms with van der Waals surface area (Å²) in [6.07, 6.45) is 3.44. The Kier molecular flexibility index (Phi) is 7.73. The minimum Gasteiger partial charge on any atom is -0.444 e. The van der Waals surface area contributed by atoms with Gasteiger partial charge in [-0.3, -0.25) is 10.3 Å². The number of amides is 3. The molecule has 1 N–H and O–H groups in total. The summed E-state index contributed by atoms with van der Waals surface area (Å²) < 4.78 is 10.7. The molecule has 0 atom stereocenters. The van der Waals surface area contributed by atoms with Crippen LogP contribution in [-0.2, 0) is 11.2 Å². The molecule has 3 aromatic rings. The average Bonchev–Trinajstić information content (AvgIpc) is 2.79. The Balaban J connectivity index is 1.83. The highest BCUT2D eigenvalue weighted by atomic mass is 16.6. The van der Waals surface area contributed by atoms with Crippen LogP contribution in [-0.4, -0.2) is 52.7 Å². The number of fused-ring (bicyclic) bond motifs is 1. The molecule has 0 aliphatic heterocycles. The Bertz CT molecular complexity index is 1270. The molecule has 35 heavy (non-hydrogen) atoms. The van der Waals surface area contributed by atoms with Crippen LogP contribution in [0.1, 0.15) is 38.8 Å². The molecule has 0 radical (unpaired) electrons. The van der Waals surface area contributed by atoms with Crippen molar-refractivity contribution in [2.75, 3.05) is 30.4 Å². The monoisotopic (exact) mass is 481 g/mol. The maximum absolute atomic E-state index is 13.1. The molecule has 0 unspecified atom stereocenters. The lowest BCUT2D eigenvalue weighted by Gasteiger charge is -2.25.